The van der Waals surface area contributed by atoms with E-state index in [1.54, 1.807) is 66.7 Å². The van der Waals surface area contributed by atoms with Crippen molar-refractivity contribution in [2.75, 3.05) is 19.0 Å². The number of rotatable bonds is 8. The van der Waals surface area contributed by atoms with Crippen molar-refractivity contribution in [3.63, 3.8) is 0 Å². The third-order valence-corrected chi connectivity index (χ3v) is 4.35. The zero-order valence-corrected chi connectivity index (χ0v) is 17.4. The Labute approximate surface area is 184 Å². The summed E-state index contributed by atoms with van der Waals surface area (Å²) in [7, 11) is 1.53. The van der Waals surface area contributed by atoms with Gasteiger partial charge in [0.05, 0.1) is 19.0 Å². The van der Waals surface area contributed by atoms with Crippen molar-refractivity contribution in [2.24, 2.45) is 5.10 Å². The van der Waals surface area contributed by atoms with Gasteiger partial charge in [-0.05, 0) is 54.1 Å². The van der Waals surface area contributed by atoms with Gasteiger partial charge in [-0.2, -0.15) is 5.10 Å². The highest BCUT2D eigenvalue weighted by Crippen LogP contribution is 2.23. The van der Waals surface area contributed by atoms with Crippen molar-refractivity contribution in [1.29, 1.82) is 0 Å². The molecule has 31 heavy (non-hydrogen) atoms. The molecule has 0 aliphatic carbocycles. The monoisotopic (exact) mass is 437 g/mol. The molecule has 7 nitrogen and oxygen atoms in total. The Morgan fingerprint density at radius 2 is 1.81 bits per heavy atom. The number of ether oxygens (including phenoxy) is 2. The quantitative estimate of drug-likeness (QED) is 0.409. The first-order chi connectivity index (χ1) is 15.0. The summed E-state index contributed by atoms with van der Waals surface area (Å²) in [6, 6.07) is 20.6. The van der Waals surface area contributed by atoms with Crippen LogP contribution in [0.15, 0.2) is 77.9 Å². The second-order valence-corrected chi connectivity index (χ2v) is 6.75. The molecule has 158 valence electrons. The number of benzene rings is 3. The Bertz CT molecular complexity index is 1080. The number of hydrogen-bond acceptors (Lipinski definition) is 5. The summed E-state index contributed by atoms with van der Waals surface area (Å²) < 4.78 is 10.8. The molecule has 0 aromatic heterocycles. The van der Waals surface area contributed by atoms with Crippen molar-refractivity contribution >= 4 is 35.3 Å². The van der Waals surface area contributed by atoms with E-state index >= 15 is 0 Å². The Kier molecular flexibility index (Phi) is 7.61. The summed E-state index contributed by atoms with van der Waals surface area (Å²) in [4.78, 5) is 24.2. The first-order valence-electron chi connectivity index (χ1n) is 9.30. The predicted octanol–water partition coefficient (Wildman–Crippen LogP) is 4.13. The highest BCUT2D eigenvalue weighted by atomic mass is 35.5. The maximum Gasteiger partial charge on any atom is 0.271 e. The minimum Gasteiger partial charge on any atom is -0.495 e. The summed E-state index contributed by atoms with van der Waals surface area (Å²) in [5.74, 6) is 0.380. The smallest absolute Gasteiger partial charge is 0.271 e. The summed E-state index contributed by atoms with van der Waals surface area (Å²) in [5.41, 5.74) is 4.15. The van der Waals surface area contributed by atoms with E-state index in [0.717, 1.165) is 0 Å². The van der Waals surface area contributed by atoms with Crippen LogP contribution in [0.25, 0.3) is 0 Å². The molecular formula is C23H20ClN3O4. The highest BCUT2D eigenvalue weighted by Gasteiger charge is 2.08. The van der Waals surface area contributed by atoms with E-state index in [4.69, 9.17) is 21.1 Å². The van der Waals surface area contributed by atoms with E-state index in [1.807, 2.05) is 6.07 Å². The summed E-state index contributed by atoms with van der Waals surface area (Å²) in [6.45, 7) is -0.175. The predicted molar refractivity (Wildman–Crippen MR) is 120 cm³/mol. The van der Waals surface area contributed by atoms with Crippen LogP contribution in [-0.4, -0.2) is 31.7 Å². The fraction of sp³-hybridized carbons (Fsp3) is 0.0870. The van der Waals surface area contributed by atoms with Gasteiger partial charge in [-0.25, -0.2) is 5.43 Å². The SMILES string of the molecule is COc1ccccc1NC(=O)COc1cccc(/C=N/NC(=O)c2ccc(Cl)cc2)c1. The fourth-order valence-electron chi connectivity index (χ4n) is 2.60. The molecule has 3 aromatic rings. The lowest BCUT2D eigenvalue weighted by atomic mass is 10.2. The zero-order valence-electron chi connectivity index (χ0n) is 16.7. The van der Waals surface area contributed by atoms with Gasteiger partial charge < -0.3 is 14.8 Å². The number of para-hydroxylation sites is 2. The summed E-state index contributed by atoms with van der Waals surface area (Å²) >= 11 is 5.81. The van der Waals surface area contributed by atoms with Gasteiger partial charge >= 0.3 is 0 Å². The number of hydrogen-bond donors (Lipinski definition) is 2. The van der Waals surface area contributed by atoms with Crippen LogP contribution in [0.5, 0.6) is 11.5 Å². The van der Waals surface area contributed by atoms with Gasteiger partial charge in [0.1, 0.15) is 11.5 Å². The summed E-state index contributed by atoms with van der Waals surface area (Å²) in [6.07, 6.45) is 1.48. The highest BCUT2D eigenvalue weighted by molar-refractivity contribution is 6.30. The lowest BCUT2D eigenvalue weighted by Crippen LogP contribution is -2.20. The largest absolute Gasteiger partial charge is 0.495 e. The number of anilines is 1. The lowest BCUT2D eigenvalue weighted by Gasteiger charge is -2.10. The molecule has 0 saturated carbocycles. The van der Waals surface area contributed by atoms with Crippen LogP contribution in [0.4, 0.5) is 5.69 Å². The van der Waals surface area contributed by atoms with E-state index in [2.05, 4.69) is 15.8 Å². The van der Waals surface area contributed by atoms with Crippen molar-refractivity contribution in [2.45, 2.75) is 0 Å². The van der Waals surface area contributed by atoms with Crippen LogP contribution in [0.1, 0.15) is 15.9 Å². The average molecular weight is 438 g/mol. The van der Waals surface area contributed by atoms with Crippen LogP contribution in [0.2, 0.25) is 5.02 Å². The van der Waals surface area contributed by atoms with Crippen molar-refractivity contribution in [3.05, 3.63) is 88.9 Å². The van der Waals surface area contributed by atoms with E-state index < -0.39 is 0 Å². The van der Waals surface area contributed by atoms with Crippen molar-refractivity contribution in [3.8, 4) is 11.5 Å². The van der Waals surface area contributed by atoms with Gasteiger partial charge in [-0.3, -0.25) is 9.59 Å². The van der Waals surface area contributed by atoms with Crippen LogP contribution in [0, 0.1) is 0 Å². The Hall–Kier alpha value is -3.84. The molecule has 0 radical (unpaired) electrons. The van der Waals surface area contributed by atoms with Crippen molar-refractivity contribution < 1.29 is 19.1 Å². The van der Waals surface area contributed by atoms with Gasteiger partial charge in [0.25, 0.3) is 11.8 Å². The van der Waals surface area contributed by atoms with Gasteiger partial charge in [0.2, 0.25) is 0 Å². The first kappa shape index (κ1) is 21.9. The van der Waals surface area contributed by atoms with Crippen LogP contribution in [0.3, 0.4) is 0 Å². The Balaban J connectivity index is 1.52. The molecule has 0 spiro atoms. The van der Waals surface area contributed by atoms with Gasteiger partial charge in [-0.1, -0.05) is 35.9 Å². The second kappa shape index (κ2) is 10.8. The molecule has 0 saturated heterocycles. The van der Waals surface area contributed by atoms with Crippen LogP contribution in [-0.2, 0) is 4.79 Å². The molecule has 8 heteroatoms. The Morgan fingerprint density at radius 3 is 2.58 bits per heavy atom. The molecule has 0 aliphatic heterocycles. The van der Waals surface area contributed by atoms with Crippen LogP contribution >= 0.6 is 11.6 Å². The van der Waals surface area contributed by atoms with E-state index in [-0.39, 0.29) is 18.4 Å². The Morgan fingerprint density at radius 1 is 1.03 bits per heavy atom. The minimum atomic E-state index is -0.353. The average Bonchev–Trinajstić information content (AvgIpc) is 2.79. The maximum atomic E-state index is 12.2. The molecule has 0 unspecified atom stereocenters. The maximum absolute atomic E-state index is 12.2. The van der Waals surface area contributed by atoms with E-state index in [0.29, 0.717) is 33.3 Å². The van der Waals surface area contributed by atoms with Crippen LogP contribution < -0.4 is 20.2 Å². The number of nitrogens with one attached hydrogen (secondary N) is 2. The molecule has 0 atom stereocenters. The lowest BCUT2D eigenvalue weighted by molar-refractivity contribution is -0.118. The fourth-order valence-corrected chi connectivity index (χ4v) is 2.72. The van der Waals surface area contributed by atoms with Gasteiger partial charge in [-0.15, -0.1) is 0 Å². The molecule has 0 bridgehead atoms. The number of halogens is 1. The standard InChI is InChI=1S/C23H20ClN3O4/c1-30-21-8-3-2-7-20(21)26-22(28)15-31-19-6-4-5-16(13-19)14-25-27-23(29)17-9-11-18(24)12-10-17/h2-14H,15H2,1H3,(H,26,28)(H,27,29)/b25-14+. The van der Waals surface area contributed by atoms with Gasteiger partial charge in [0.15, 0.2) is 6.61 Å². The molecule has 0 aliphatic rings. The number of amides is 2. The van der Waals surface area contributed by atoms with Gasteiger partial charge in [0, 0.05) is 10.6 Å². The second-order valence-electron chi connectivity index (χ2n) is 6.32. The molecule has 0 heterocycles. The third kappa shape index (κ3) is 6.58. The van der Waals surface area contributed by atoms with E-state index in [1.165, 1.54) is 13.3 Å². The molecule has 3 rings (SSSR count). The molecule has 3 aromatic carbocycles. The number of hydrazone groups is 1. The van der Waals surface area contributed by atoms with Crippen molar-refractivity contribution in [1.82, 2.24) is 5.43 Å². The zero-order chi connectivity index (χ0) is 22.1. The minimum absolute atomic E-state index is 0.175. The topological polar surface area (TPSA) is 89.0 Å². The molecule has 2 N–H and O–H groups in total. The van der Waals surface area contributed by atoms with E-state index in [9.17, 15) is 9.59 Å². The normalized spacial score (nSPS) is 10.5. The molecular weight excluding hydrogens is 418 g/mol. The first-order valence-corrected chi connectivity index (χ1v) is 9.67. The molecule has 0 fully saturated rings. The molecule has 2 amide bonds. The summed E-state index contributed by atoms with van der Waals surface area (Å²) in [5, 5.41) is 7.24. The number of methoxy groups -OCH3 is 1. The number of nitrogens with zero attached hydrogens (tertiary/aromatic N) is 1. The third-order valence-electron chi connectivity index (χ3n) is 4.10. The number of carbonyl (C=O) groups is 2. The number of carbonyl (C=O) groups excluding carboxylic acids is 2.